The van der Waals surface area contributed by atoms with Gasteiger partial charge in [0.2, 0.25) is 15.9 Å². The molecule has 2 aromatic rings. The second-order valence-electron chi connectivity index (χ2n) is 7.41. The van der Waals surface area contributed by atoms with E-state index in [1.54, 1.807) is 18.2 Å². The molecule has 6 heteroatoms. The van der Waals surface area contributed by atoms with Crippen LogP contribution in [0.25, 0.3) is 0 Å². The van der Waals surface area contributed by atoms with Gasteiger partial charge in [0, 0.05) is 0 Å². The minimum absolute atomic E-state index is 0.221. The predicted molar refractivity (Wildman–Crippen MR) is 115 cm³/mol. The first-order valence-electron chi connectivity index (χ1n) is 9.48. The van der Waals surface area contributed by atoms with E-state index >= 15 is 0 Å². The number of aryl methyl sites for hydroxylation is 3. The Bertz CT molecular complexity index is 954. The van der Waals surface area contributed by atoms with Crippen LogP contribution in [0.15, 0.2) is 42.5 Å². The molecule has 0 aliphatic heterocycles. The molecule has 0 bridgehead atoms. The number of sulfonamides is 1. The van der Waals surface area contributed by atoms with Gasteiger partial charge in [-0.1, -0.05) is 42.8 Å². The molecule has 0 aliphatic carbocycles. The molecule has 2 rings (SSSR count). The zero-order chi connectivity index (χ0) is 21.1. The number of hydrogen-bond donors (Lipinski definition) is 1. The molecule has 0 unspecified atom stereocenters. The second kappa shape index (κ2) is 8.78. The minimum atomic E-state index is -3.63. The van der Waals surface area contributed by atoms with Gasteiger partial charge in [0.05, 0.1) is 18.0 Å². The summed E-state index contributed by atoms with van der Waals surface area (Å²) in [4.78, 5) is 13.1. The van der Waals surface area contributed by atoms with E-state index in [1.807, 2.05) is 52.8 Å². The molecular formula is C22H30N2O3S. The Labute approximate surface area is 168 Å². The maximum absolute atomic E-state index is 13.1. The van der Waals surface area contributed by atoms with Gasteiger partial charge >= 0.3 is 0 Å². The zero-order valence-corrected chi connectivity index (χ0v) is 18.3. The van der Waals surface area contributed by atoms with Crippen LogP contribution in [-0.2, 0) is 14.8 Å². The Morgan fingerprint density at radius 1 is 1.07 bits per heavy atom. The van der Waals surface area contributed by atoms with E-state index < -0.39 is 16.1 Å². The lowest BCUT2D eigenvalue weighted by molar-refractivity contribution is -0.122. The Morgan fingerprint density at radius 2 is 1.71 bits per heavy atom. The van der Waals surface area contributed by atoms with E-state index in [2.05, 4.69) is 11.4 Å². The largest absolute Gasteiger partial charge is 0.348 e. The maximum atomic E-state index is 13.1. The number of amides is 1. The van der Waals surface area contributed by atoms with E-state index in [1.165, 1.54) is 4.31 Å². The van der Waals surface area contributed by atoms with Crippen molar-refractivity contribution in [3.8, 4) is 0 Å². The van der Waals surface area contributed by atoms with E-state index in [0.717, 1.165) is 28.5 Å². The highest BCUT2D eigenvalue weighted by Gasteiger charge is 2.32. The zero-order valence-electron chi connectivity index (χ0n) is 17.5. The number of hydrogen-bond acceptors (Lipinski definition) is 3. The van der Waals surface area contributed by atoms with E-state index in [-0.39, 0.29) is 11.9 Å². The van der Waals surface area contributed by atoms with Gasteiger partial charge in [-0.15, -0.1) is 0 Å². The number of carbonyl (C=O) groups excluding carboxylic acids is 1. The topological polar surface area (TPSA) is 66.5 Å². The Kier molecular flexibility index (Phi) is 6.88. The smallest absolute Gasteiger partial charge is 0.244 e. The van der Waals surface area contributed by atoms with Crippen LogP contribution in [0.2, 0.25) is 0 Å². The Morgan fingerprint density at radius 3 is 2.25 bits per heavy atom. The molecule has 0 radical (unpaired) electrons. The summed E-state index contributed by atoms with van der Waals surface area (Å²) < 4.78 is 26.3. The first kappa shape index (κ1) is 22.0. The number of carbonyl (C=O) groups is 1. The number of benzene rings is 2. The van der Waals surface area contributed by atoms with Crippen LogP contribution in [0.5, 0.6) is 0 Å². The second-order valence-corrected chi connectivity index (χ2v) is 9.27. The van der Waals surface area contributed by atoms with Crippen molar-refractivity contribution in [3.63, 3.8) is 0 Å². The fourth-order valence-electron chi connectivity index (χ4n) is 3.52. The van der Waals surface area contributed by atoms with Gasteiger partial charge in [0.25, 0.3) is 0 Å². The quantitative estimate of drug-likeness (QED) is 0.760. The van der Waals surface area contributed by atoms with Crippen molar-refractivity contribution >= 4 is 21.6 Å². The van der Waals surface area contributed by atoms with Crippen molar-refractivity contribution < 1.29 is 13.2 Å². The number of rotatable bonds is 7. The molecule has 0 saturated carbocycles. The average Bonchev–Trinajstić information content (AvgIpc) is 2.57. The van der Waals surface area contributed by atoms with Crippen LogP contribution >= 0.6 is 0 Å². The molecule has 0 fully saturated rings. The summed E-state index contributed by atoms with van der Waals surface area (Å²) in [5.74, 6) is -0.304. The van der Waals surface area contributed by atoms with E-state index in [4.69, 9.17) is 0 Å². The Hall–Kier alpha value is -2.34. The molecule has 0 aliphatic rings. The van der Waals surface area contributed by atoms with Gasteiger partial charge in [0.15, 0.2) is 0 Å². The molecule has 0 saturated heterocycles. The molecule has 28 heavy (non-hydrogen) atoms. The molecule has 1 amide bonds. The van der Waals surface area contributed by atoms with Crippen LogP contribution in [0.1, 0.15) is 48.6 Å². The van der Waals surface area contributed by atoms with Crippen molar-refractivity contribution in [2.75, 3.05) is 10.6 Å². The first-order chi connectivity index (χ1) is 13.0. The van der Waals surface area contributed by atoms with Crippen LogP contribution in [-0.4, -0.2) is 26.6 Å². The summed E-state index contributed by atoms with van der Waals surface area (Å²) in [5.41, 5.74) is 4.72. The summed E-state index contributed by atoms with van der Waals surface area (Å²) in [6, 6.07) is 12.3. The van der Waals surface area contributed by atoms with Crippen molar-refractivity contribution in [2.45, 2.75) is 53.1 Å². The minimum Gasteiger partial charge on any atom is -0.348 e. The van der Waals surface area contributed by atoms with Crippen molar-refractivity contribution in [1.82, 2.24) is 5.32 Å². The lowest BCUT2D eigenvalue weighted by Gasteiger charge is -2.31. The van der Waals surface area contributed by atoms with E-state index in [9.17, 15) is 13.2 Å². The fourth-order valence-corrected chi connectivity index (χ4v) is 4.73. The highest BCUT2D eigenvalue weighted by atomic mass is 32.2. The first-order valence-corrected chi connectivity index (χ1v) is 11.3. The highest BCUT2D eigenvalue weighted by Crippen LogP contribution is 2.25. The van der Waals surface area contributed by atoms with E-state index in [0.29, 0.717) is 12.1 Å². The predicted octanol–water partition coefficient (Wildman–Crippen LogP) is 4.03. The fraction of sp³-hybridized carbons (Fsp3) is 0.409. The average molecular weight is 403 g/mol. The van der Waals surface area contributed by atoms with Gasteiger partial charge < -0.3 is 5.32 Å². The molecule has 152 valence electrons. The van der Waals surface area contributed by atoms with Gasteiger partial charge in [-0.25, -0.2) is 8.42 Å². The standard InChI is InChI=1S/C22H30N2O3S/c1-7-21(24(28(6,26)27)19-10-8-9-15(2)14-19)22(25)23-18(5)20-12-11-16(3)13-17(20)4/h8-14,18,21H,7H2,1-6H3,(H,23,25)/t18-,21+/m0/s1. The third kappa shape index (κ3) is 5.13. The van der Waals surface area contributed by atoms with Crippen LogP contribution in [0.3, 0.4) is 0 Å². The van der Waals surface area contributed by atoms with Gasteiger partial charge in [-0.2, -0.15) is 0 Å². The molecular weight excluding hydrogens is 372 g/mol. The van der Waals surface area contributed by atoms with Gasteiger partial charge in [-0.3, -0.25) is 9.10 Å². The van der Waals surface area contributed by atoms with Crippen molar-refractivity contribution in [3.05, 3.63) is 64.7 Å². The van der Waals surface area contributed by atoms with Crippen LogP contribution in [0, 0.1) is 20.8 Å². The lowest BCUT2D eigenvalue weighted by Crippen LogP contribution is -2.49. The van der Waals surface area contributed by atoms with Gasteiger partial charge in [-0.05, 0) is 62.9 Å². The maximum Gasteiger partial charge on any atom is 0.244 e. The normalized spacial score (nSPS) is 13.6. The van der Waals surface area contributed by atoms with Gasteiger partial charge in [0.1, 0.15) is 6.04 Å². The summed E-state index contributed by atoms with van der Waals surface area (Å²) in [5, 5.41) is 3.00. The number of nitrogens with one attached hydrogen (secondary N) is 1. The SMILES string of the molecule is CC[C@H](C(=O)N[C@@H](C)c1ccc(C)cc1C)N(c1cccc(C)c1)S(C)(=O)=O. The third-order valence-corrected chi connectivity index (χ3v) is 6.02. The lowest BCUT2D eigenvalue weighted by atomic mass is 10.00. The molecule has 0 aromatic heterocycles. The molecule has 0 spiro atoms. The number of anilines is 1. The molecule has 2 aromatic carbocycles. The van der Waals surface area contributed by atoms with Crippen LogP contribution in [0.4, 0.5) is 5.69 Å². The summed E-state index contributed by atoms with van der Waals surface area (Å²) in [7, 11) is -3.63. The molecule has 2 atom stereocenters. The molecule has 1 N–H and O–H groups in total. The Balaban J connectivity index is 2.33. The molecule has 0 heterocycles. The van der Waals surface area contributed by atoms with Crippen molar-refractivity contribution in [2.24, 2.45) is 0 Å². The summed E-state index contributed by atoms with van der Waals surface area (Å²) in [6.45, 7) is 9.67. The monoisotopic (exact) mass is 402 g/mol. The van der Waals surface area contributed by atoms with Crippen molar-refractivity contribution in [1.29, 1.82) is 0 Å². The highest BCUT2D eigenvalue weighted by molar-refractivity contribution is 7.92. The number of nitrogens with zero attached hydrogens (tertiary/aromatic N) is 1. The van der Waals surface area contributed by atoms with Crippen LogP contribution < -0.4 is 9.62 Å². The molecule has 5 nitrogen and oxygen atoms in total. The summed E-state index contributed by atoms with van der Waals surface area (Å²) in [6.07, 6.45) is 1.51. The summed E-state index contributed by atoms with van der Waals surface area (Å²) >= 11 is 0. The third-order valence-electron chi connectivity index (χ3n) is 4.84.